The van der Waals surface area contributed by atoms with E-state index in [9.17, 15) is 0 Å². The molecule has 0 saturated heterocycles. The summed E-state index contributed by atoms with van der Waals surface area (Å²) in [6.45, 7) is 0. The van der Waals surface area contributed by atoms with Gasteiger partial charge in [0.2, 0.25) is 0 Å². The fourth-order valence-electron chi connectivity index (χ4n) is 0. The Morgan fingerprint density at radius 2 is 1.00 bits per heavy atom. The van der Waals surface area contributed by atoms with Crippen LogP contribution in [0.5, 0.6) is 0 Å². The van der Waals surface area contributed by atoms with Crippen molar-refractivity contribution in [1.29, 1.82) is 0 Å². The van der Waals surface area contributed by atoms with Gasteiger partial charge in [0, 0.05) is 55.1 Å². The van der Waals surface area contributed by atoms with Gasteiger partial charge < -0.3 is 5.48 Å². The van der Waals surface area contributed by atoms with Gasteiger partial charge in [-0.3, -0.25) is 0 Å². The standard InChI is InChI=1S/La.Li.H2O.Ru.H/h;;1H2;;. The third-order valence-electron chi connectivity index (χ3n) is 0. The molecule has 0 aromatic heterocycles. The van der Waals surface area contributed by atoms with Gasteiger partial charge in [0.25, 0.3) is 0 Å². The Morgan fingerprint density at radius 3 is 1.00 bits per heavy atom. The molecular formula is H3LaLiORu. The summed E-state index contributed by atoms with van der Waals surface area (Å²) < 4.78 is 0. The van der Waals surface area contributed by atoms with E-state index in [0.29, 0.717) is 0 Å². The van der Waals surface area contributed by atoms with Crippen molar-refractivity contribution in [1.82, 2.24) is 0 Å². The van der Waals surface area contributed by atoms with Crippen LogP contribution in [-0.2, 0) is 19.5 Å². The van der Waals surface area contributed by atoms with Crippen molar-refractivity contribution in [2.45, 2.75) is 0 Å². The third-order valence-corrected chi connectivity index (χ3v) is 0. The molecule has 0 aliphatic heterocycles. The van der Waals surface area contributed by atoms with Crippen LogP contribution in [0.2, 0.25) is 0 Å². The molecule has 0 atom stereocenters. The average molecular weight is 266 g/mol. The Labute approximate surface area is 78.1 Å². The van der Waals surface area contributed by atoms with Crippen molar-refractivity contribution >= 4 is 18.9 Å². The number of hydrogen-bond donors (Lipinski definition) is 0. The van der Waals surface area contributed by atoms with E-state index in [0.717, 1.165) is 0 Å². The summed E-state index contributed by atoms with van der Waals surface area (Å²) in [5.74, 6) is 0. The largest absolute Gasteiger partial charge is 0 e. The van der Waals surface area contributed by atoms with Crippen molar-refractivity contribution in [3.8, 4) is 0 Å². The number of hydrogen-bond acceptors (Lipinski definition) is 0. The molecule has 1 radical (unpaired) electrons. The summed E-state index contributed by atoms with van der Waals surface area (Å²) in [5.41, 5.74) is 0. The van der Waals surface area contributed by atoms with Crippen molar-refractivity contribution in [2.24, 2.45) is 0 Å². The molecule has 2 N–H and O–H groups in total. The molecule has 21 valence electrons. The fourth-order valence-corrected chi connectivity index (χ4v) is 0. The smallest absolute Gasteiger partial charge is 0 e. The second-order valence-corrected chi connectivity index (χ2v) is 0. The van der Waals surface area contributed by atoms with Gasteiger partial charge in [0.1, 0.15) is 0 Å². The van der Waals surface area contributed by atoms with Gasteiger partial charge in [-0.15, -0.1) is 0 Å². The summed E-state index contributed by atoms with van der Waals surface area (Å²) in [6.07, 6.45) is 0. The average Bonchev–Trinajstić information content (AvgIpc) is 0. The second-order valence-electron chi connectivity index (χ2n) is 0. The van der Waals surface area contributed by atoms with Crippen LogP contribution in [-0.4, -0.2) is 24.3 Å². The first kappa shape index (κ1) is 32.6. The first-order valence-corrected chi connectivity index (χ1v) is 0. The molecule has 4 heteroatoms. The zero-order valence-corrected chi connectivity index (χ0v) is 6.79. The Kier molecular flexibility index (Phi) is 149. The third kappa shape index (κ3) is 8.83. The van der Waals surface area contributed by atoms with E-state index in [1.807, 2.05) is 0 Å². The van der Waals surface area contributed by atoms with E-state index in [1.54, 1.807) is 0 Å². The molecule has 1 nitrogen and oxygen atoms in total. The van der Waals surface area contributed by atoms with Crippen LogP contribution in [0, 0.1) is 35.6 Å². The quantitative estimate of drug-likeness (QED) is 0.479. The summed E-state index contributed by atoms with van der Waals surface area (Å²) in [4.78, 5) is 0. The summed E-state index contributed by atoms with van der Waals surface area (Å²) in [5, 5.41) is 0. The van der Waals surface area contributed by atoms with Crippen LogP contribution >= 0.6 is 0 Å². The molecule has 0 unspecified atom stereocenters. The van der Waals surface area contributed by atoms with E-state index < -0.39 is 0 Å². The molecule has 0 fully saturated rings. The van der Waals surface area contributed by atoms with Gasteiger partial charge in [-0.1, -0.05) is 0 Å². The van der Waals surface area contributed by atoms with E-state index in [1.165, 1.54) is 0 Å². The molecule has 4 heavy (non-hydrogen) atoms. The Bertz CT molecular complexity index is 8.00. The van der Waals surface area contributed by atoms with Gasteiger partial charge in [0.15, 0.2) is 0 Å². The summed E-state index contributed by atoms with van der Waals surface area (Å²) in [7, 11) is 0. The van der Waals surface area contributed by atoms with Crippen molar-refractivity contribution in [2.75, 3.05) is 0 Å². The normalized spacial score (nSPS) is 0. The zero-order valence-electron chi connectivity index (χ0n) is 1.43. The van der Waals surface area contributed by atoms with E-state index >= 15 is 0 Å². The van der Waals surface area contributed by atoms with Crippen LogP contribution in [0.15, 0.2) is 0 Å². The van der Waals surface area contributed by atoms with Crippen LogP contribution in [0.4, 0.5) is 0 Å². The first-order valence-electron chi connectivity index (χ1n) is 0. The predicted molar refractivity (Wildman–Crippen MR) is 10.8 cm³/mol. The van der Waals surface area contributed by atoms with Gasteiger partial charge in [0.05, 0.1) is 0 Å². The first-order chi connectivity index (χ1) is 0. The minimum Gasteiger partial charge on any atom is 0 e. The van der Waals surface area contributed by atoms with Crippen molar-refractivity contribution < 1.29 is 60.6 Å². The molecule has 0 bridgehead atoms. The van der Waals surface area contributed by atoms with Gasteiger partial charge in [-0.05, 0) is 0 Å². The van der Waals surface area contributed by atoms with E-state index in [-0.39, 0.29) is 79.4 Å². The van der Waals surface area contributed by atoms with E-state index in [2.05, 4.69) is 0 Å². The molecule has 0 amide bonds. The minimum absolute atomic E-state index is 0. The van der Waals surface area contributed by atoms with Gasteiger partial charge >= 0.3 is 18.9 Å². The number of rotatable bonds is 0. The van der Waals surface area contributed by atoms with Gasteiger partial charge in [-0.25, -0.2) is 0 Å². The van der Waals surface area contributed by atoms with Gasteiger partial charge in [-0.2, -0.15) is 0 Å². The SMILES string of the molecule is O.[La].[LiH].[Ru]. The topological polar surface area (TPSA) is 31.5 Å². The molecule has 0 aromatic rings. The molecule has 0 rings (SSSR count). The van der Waals surface area contributed by atoms with E-state index in [4.69, 9.17) is 0 Å². The van der Waals surface area contributed by atoms with Crippen molar-refractivity contribution in [3.05, 3.63) is 0 Å². The molecular weight excluding hydrogens is 263 g/mol. The fraction of sp³-hybridized carbons (Fsp3) is 0. The van der Waals surface area contributed by atoms with Crippen LogP contribution in [0.1, 0.15) is 0 Å². The monoisotopic (exact) mass is 267 g/mol. The second kappa shape index (κ2) is 18.2. The van der Waals surface area contributed by atoms with Crippen molar-refractivity contribution in [3.63, 3.8) is 0 Å². The molecule has 0 aromatic carbocycles. The molecule has 0 aliphatic carbocycles. The minimum atomic E-state index is 0. The summed E-state index contributed by atoms with van der Waals surface area (Å²) >= 11 is 0. The molecule has 0 aliphatic rings. The Hall–Kier alpha value is 2.38. The van der Waals surface area contributed by atoms with Crippen LogP contribution < -0.4 is 0 Å². The maximum absolute atomic E-state index is 0. The Morgan fingerprint density at radius 1 is 1.00 bits per heavy atom. The maximum Gasteiger partial charge on any atom is 0 e. The Balaban J connectivity index is 0. The zero-order chi connectivity index (χ0) is 0. The summed E-state index contributed by atoms with van der Waals surface area (Å²) in [6, 6.07) is 0. The molecule has 0 saturated carbocycles. The van der Waals surface area contributed by atoms with Crippen LogP contribution in [0.3, 0.4) is 0 Å². The van der Waals surface area contributed by atoms with Crippen LogP contribution in [0.25, 0.3) is 0 Å². The predicted octanol–water partition coefficient (Wildman–Crippen LogP) is -1.48. The maximum atomic E-state index is 0. The molecule has 0 spiro atoms. The molecule has 0 heterocycles.